The summed E-state index contributed by atoms with van der Waals surface area (Å²) in [6.45, 7) is 1.95. The predicted molar refractivity (Wildman–Crippen MR) is 84.7 cm³/mol. The molecule has 4 heteroatoms. The highest BCUT2D eigenvalue weighted by Gasteiger charge is 2.11. The van der Waals surface area contributed by atoms with Gasteiger partial charge in [-0.05, 0) is 36.2 Å². The number of halogens is 1. The molecule has 0 aliphatic carbocycles. The highest BCUT2D eigenvalue weighted by Crippen LogP contribution is 2.18. The van der Waals surface area contributed by atoms with E-state index in [1.54, 1.807) is 13.2 Å². The third-order valence-electron chi connectivity index (χ3n) is 3.30. The van der Waals surface area contributed by atoms with Crippen molar-refractivity contribution in [3.63, 3.8) is 0 Å². The third-order valence-corrected chi connectivity index (χ3v) is 3.67. The van der Waals surface area contributed by atoms with Gasteiger partial charge in [-0.15, -0.1) is 0 Å². The maximum absolute atomic E-state index is 12.1. The molecular weight excluding hydrogens is 286 g/mol. The number of amides is 1. The van der Waals surface area contributed by atoms with Crippen LogP contribution in [0.15, 0.2) is 48.5 Å². The molecule has 2 aromatic carbocycles. The van der Waals surface area contributed by atoms with Gasteiger partial charge in [0.1, 0.15) is 5.75 Å². The topological polar surface area (TPSA) is 38.3 Å². The number of carbonyl (C=O) groups is 1. The van der Waals surface area contributed by atoms with Gasteiger partial charge in [-0.2, -0.15) is 0 Å². The molecule has 3 nitrogen and oxygen atoms in total. The molecule has 2 rings (SSSR count). The SMILES string of the molecule is COc1ccc(C(C)NC(=O)Cc2ccccc2Cl)cc1. The minimum atomic E-state index is -0.0640. The van der Waals surface area contributed by atoms with Crippen LogP contribution in [-0.4, -0.2) is 13.0 Å². The summed E-state index contributed by atoms with van der Waals surface area (Å²) in [7, 11) is 1.63. The van der Waals surface area contributed by atoms with Crippen molar-refractivity contribution in [2.45, 2.75) is 19.4 Å². The van der Waals surface area contributed by atoms with Crippen LogP contribution in [0.5, 0.6) is 5.75 Å². The first kappa shape index (κ1) is 15.4. The summed E-state index contributed by atoms with van der Waals surface area (Å²) in [6, 6.07) is 15.0. The average Bonchev–Trinajstić information content (AvgIpc) is 2.49. The van der Waals surface area contributed by atoms with E-state index in [4.69, 9.17) is 16.3 Å². The fraction of sp³-hybridized carbons (Fsp3) is 0.235. The Hall–Kier alpha value is -2.00. The zero-order chi connectivity index (χ0) is 15.2. The van der Waals surface area contributed by atoms with Crippen LogP contribution in [0.3, 0.4) is 0 Å². The quantitative estimate of drug-likeness (QED) is 0.913. The normalized spacial score (nSPS) is 11.8. The van der Waals surface area contributed by atoms with Crippen molar-refractivity contribution in [1.29, 1.82) is 0 Å². The van der Waals surface area contributed by atoms with Crippen LogP contribution in [0.4, 0.5) is 0 Å². The van der Waals surface area contributed by atoms with E-state index in [0.717, 1.165) is 16.9 Å². The van der Waals surface area contributed by atoms with Crippen LogP contribution in [0.2, 0.25) is 5.02 Å². The van der Waals surface area contributed by atoms with Gasteiger partial charge in [0.05, 0.1) is 19.6 Å². The van der Waals surface area contributed by atoms with E-state index in [9.17, 15) is 4.79 Å². The summed E-state index contributed by atoms with van der Waals surface area (Å²) in [4.78, 5) is 12.1. The largest absolute Gasteiger partial charge is 0.497 e. The molecule has 0 heterocycles. The molecule has 0 aromatic heterocycles. The molecular formula is C17H18ClNO2. The van der Waals surface area contributed by atoms with Crippen LogP contribution in [0.25, 0.3) is 0 Å². The average molecular weight is 304 g/mol. The van der Waals surface area contributed by atoms with Crippen LogP contribution in [0, 0.1) is 0 Å². The van der Waals surface area contributed by atoms with Gasteiger partial charge in [-0.25, -0.2) is 0 Å². The van der Waals surface area contributed by atoms with E-state index < -0.39 is 0 Å². The number of ether oxygens (including phenoxy) is 1. The minimum Gasteiger partial charge on any atom is -0.497 e. The van der Waals surface area contributed by atoms with Crippen molar-refractivity contribution in [3.05, 3.63) is 64.7 Å². The van der Waals surface area contributed by atoms with E-state index >= 15 is 0 Å². The summed E-state index contributed by atoms with van der Waals surface area (Å²) in [5, 5.41) is 3.59. The van der Waals surface area contributed by atoms with E-state index in [2.05, 4.69) is 5.32 Å². The lowest BCUT2D eigenvalue weighted by molar-refractivity contribution is -0.121. The fourth-order valence-electron chi connectivity index (χ4n) is 2.08. The lowest BCUT2D eigenvalue weighted by Crippen LogP contribution is -2.28. The third kappa shape index (κ3) is 4.23. The van der Waals surface area contributed by atoms with Crippen molar-refractivity contribution in [3.8, 4) is 5.75 Å². The number of methoxy groups -OCH3 is 1. The zero-order valence-electron chi connectivity index (χ0n) is 12.1. The second-order valence-electron chi connectivity index (χ2n) is 4.83. The van der Waals surface area contributed by atoms with Crippen molar-refractivity contribution in [2.24, 2.45) is 0 Å². The number of hydrogen-bond donors (Lipinski definition) is 1. The van der Waals surface area contributed by atoms with Gasteiger partial charge in [0, 0.05) is 5.02 Å². The van der Waals surface area contributed by atoms with Crippen LogP contribution >= 0.6 is 11.6 Å². The molecule has 0 spiro atoms. The van der Waals surface area contributed by atoms with E-state index in [0.29, 0.717) is 5.02 Å². The Labute approximate surface area is 129 Å². The number of hydrogen-bond acceptors (Lipinski definition) is 2. The molecule has 1 N–H and O–H groups in total. The molecule has 0 bridgehead atoms. The van der Waals surface area contributed by atoms with E-state index in [1.807, 2.05) is 49.4 Å². The van der Waals surface area contributed by atoms with E-state index in [1.165, 1.54) is 0 Å². The molecule has 0 radical (unpaired) electrons. The number of nitrogens with one attached hydrogen (secondary N) is 1. The maximum Gasteiger partial charge on any atom is 0.224 e. The van der Waals surface area contributed by atoms with Crippen molar-refractivity contribution < 1.29 is 9.53 Å². The Morgan fingerprint density at radius 2 is 1.86 bits per heavy atom. The van der Waals surface area contributed by atoms with Gasteiger partial charge in [0.25, 0.3) is 0 Å². The molecule has 0 fully saturated rings. The summed E-state index contributed by atoms with van der Waals surface area (Å²) < 4.78 is 5.12. The summed E-state index contributed by atoms with van der Waals surface area (Å²) >= 11 is 6.06. The lowest BCUT2D eigenvalue weighted by atomic mass is 10.1. The zero-order valence-corrected chi connectivity index (χ0v) is 12.9. The van der Waals surface area contributed by atoms with Gasteiger partial charge in [0.2, 0.25) is 5.91 Å². The van der Waals surface area contributed by atoms with Crippen LogP contribution in [0.1, 0.15) is 24.1 Å². The van der Waals surface area contributed by atoms with Crippen molar-refractivity contribution in [2.75, 3.05) is 7.11 Å². The first-order valence-corrected chi connectivity index (χ1v) is 7.14. The van der Waals surface area contributed by atoms with Crippen molar-refractivity contribution in [1.82, 2.24) is 5.32 Å². The lowest BCUT2D eigenvalue weighted by Gasteiger charge is -2.15. The molecule has 0 saturated heterocycles. The molecule has 1 unspecified atom stereocenters. The summed E-state index contributed by atoms with van der Waals surface area (Å²) in [5.74, 6) is 0.750. The summed E-state index contributed by atoms with van der Waals surface area (Å²) in [6.07, 6.45) is 0.278. The minimum absolute atomic E-state index is 0.0496. The van der Waals surface area contributed by atoms with Gasteiger partial charge in [0.15, 0.2) is 0 Å². The fourth-order valence-corrected chi connectivity index (χ4v) is 2.29. The number of benzene rings is 2. The van der Waals surface area contributed by atoms with Gasteiger partial charge >= 0.3 is 0 Å². The molecule has 110 valence electrons. The maximum atomic E-state index is 12.1. The van der Waals surface area contributed by atoms with Crippen molar-refractivity contribution >= 4 is 17.5 Å². The molecule has 0 aliphatic heterocycles. The molecule has 0 saturated carbocycles. The van der Waals surface area contributed by atoms with Gasteiger partial charge in [-0.3, -0.25) is 4.79 Å². The Balaban J connectivity index is 1.97. The Morgan fingerprint density at radius 3 is 2.48 bits per heavy atom. The van der Waals surface area contributed by atoms with E-state index in [-0.39, 0.29) is 18.4 Å². The second kappa shape index (κ2) is 7.14. The smallest absolute Gasteiger partial charge is 0.224 e. The molecule has 21 heavy (non-hydrogen) atoms. The standard InChI is InChI=1S/C17H18ClNO2/c1-12(13-7-9-15(21-2)10-8-13)19-17(20)11-14-5-3-4-6-16(14)18/h3-10,12H,11H2,1-2H3,(H,19,20). The monoisotopic (exact) mass is 303 g/mol. The highest BCUT2D eigenvalue weighted by molar-refractivity contribution is 6.31. The second-order valence-corrected chi connectivity index (χ2v) is 5.24. The summed E-state index contributed by atoms with van der Waals surface area (Å²) in [5.41, 5.74) is 1.86. The van der Waals surface area contributed by atoms with Gasteiger partial charge < -0.3 is 10.1 Å². The Morgan fingerprint density at radius 1 is 1.19 bits per heavy atom. The molecule has 0 aliphatic rings. The first-order chi connectivity index (χ1) is 10.1. The Bertz CT molecular complexity index is 610. The Kier molecular flexibility index (Phi) is 5.23. The molecule has 1 amide bonds. The van der Waals surface area contributed by atoms with Gasteiger partial charge in [-0.1, -0.05) is 41.9 Å². The van der Waals surface area contributed by atoms with Crippen LogP contribution < -0.4 is 10.1 Å². The predicted octanol–water partition coefficient (Wildman–Crippen LogP) is 3.77. The number of rotatable bonds is 5. The molecule has 2 aromatic rings. The van der Waals surface area contributed by atoms with Crippen LogP contribution in [-0.2, 0) is 11.2 Å². The first-order valence-electron chi connectivity index (χ1n) is 6.77. The molecule has 1 atom stereocenters. The highest BCUT2D eigenvalue weighted by atomic mass is 35.5. The number of carbonyl (C=O) groups excluding carboxylic acids is 1.